The van der Waals surface area contributed by atoms with Crippen molar-refractivity contribution >= 4 is 17.1 Å². The SMILES string of the molecule is CC1C=C(CC(=O)C2=CCC(c3cccc(CCC(C)(C)C)c3)=C2)C(C2CC(CC(C)C)C(C)(C)C2=O)=C1. The standard InChI is InChI=1S/C36H48O2/c1-23(2)16-30-22-32(34(38)36(30,7)8)31-18-24(3)17-29(31)21-33(37)28-13-12-27(20-28)26-11-9-10-25(19-26)14-15-35(4,5)6/h9-11,13,17-20,23-24,30,32H,12,14-16,21-22H2,1-8H3. The zero-order chi connectivity index (χ0) is 27.8. The summed E-state index contributed by atoms with van der Waals surface area (Å²) in [5.74, 6) is 1.70. The lowest BCUT2D eigenvalue weighted by Gasteiger charge is -2.26. The minimum absolute atomic E-state index is 0.0720. The fourth-order valence-corrected chi connectivity index (χ4v) is 6.56. The first kappa shape index (κ1) is 28.5. The summed E-state index contributed by atoms with van der Waals surface area (Å²) in [5.41, 5.74) is 6.84. The maximum atomic E-state index is 13.6. The zero-order valence-corrected chi connectivity index (χ0v) is 25.0. The Morgan fingerprint density at radius 3 is 2.55 bits per heavy atom. The number of rotatable bonds is 9. The van der Waals surface area contributed by atoms with Gasteiger partial charge in [-0.25, -0.2) is 0 Å². The minimum Gasteiger partial charge on any atom is -0.298 e. The topological polar surface area (TPSA) is 34.1 Å². The summed E-state index contributed by atoms with van der Waals surface area (Å²) in [4.78, 5) is 27.0. The highest BCUT2D eigenvalue weighted by Crippen LogP contribution is 2.51. The van der Waals surface area contributed by atoms with Crippen LogP contribution in [-0.2, 0) is 16.0 Å². The molecule has 0 bridgehead atoms. The van der Waals surface area contributed by atoms with E-state index in [0.717, 1.165) is 48.8 Å². The van der Waals surface area contributed by atoms with E-state index in [1.54, 1.807) is 0 Å². The smallest absolute Gasteiger partial charge is 0.166 e. The third-order valence-corrected chi connectivity index (χ3v) is 8.91. The fourth-order valence-electron chi connectivity index (χ4n) is 6.56. The Hall–Kier alpha value is -2.48. The van der Waals surface area contributed by atoms with E-state index in [4.69, 9.17) is 0 Å². The third kappa shape index (κ3) is 6.38. The molecule has 0 saturated heterocycles. The lowest BCUT2D eigenvalue weighted by Crippen LogP contribution is -2.28. The molecule has 0 N–H and O–H groups in total. The average molecular weight is 513 g/mol. The first-order valence-electron chi connectivity index (χ1n) is 14.7. The summed E-state index contributed by atoms with van der Waals surface area (Å²) in [7, 11) is 0. The monoisotopic (exact) mass is 512 g/mol. The van der Waals surface area contributed by atoms with Crippen molar-refractivity contribution < 1.29 is 9.59 Å². The van der Waals surface area contributed by atoms with Crippen LogP contribution in [0.3, 0.4) is 0 Å². The summed E-state index contributed by atoms with van der Waals surface area (Å²) in [6, 6.07) is 8.81. The van der Waals surface area contributed by atoms with E-state index >= 15 is 0 Å². The van der Waals surface area contributed by atoms with Crippen molar-refractivity contribution in [2.24, 2.45) is 34.5 Å². The molecule has 2 nitrogen and oxygen atoms in total. The van der Waals surface area contributed by atoms with Gasteiger partial charge in [-0.1, -0.05) is 97.9 Å². The lowest BCUT2D eigenvalue weighted by molar-refractivity contribution is -0.127. The first-order chi connectivity index (χ1) is 17.7. The number of hydrogen-bond acceptors (Lipinski definition) is 2. The van der Waals surface area contributed by atoms with E-state index in [2.05, 4.69) is 104 Å². The van der Waals surface area contributed by atoms with Crippen molar-refractivity contribution in [3.05, 3.63) is 76.4 Å². The number of Topliss-reactive ketones (excluding diaryl/α,β-unsaturated/α-hetero) is 2. The molecule has 0 radical (unpaired) electrons. The van der Waals surface area contributed by atoms with Gasteiger partial charge in [0.15, 0.2) is 5.78 Å². The molecule has 0 aromatic heterocycles. The van der Waals surface area contributed by atoms with Gasteiger partial charge in [0.1, 0.15) is 5.78 Å². The summed E-state index contributed by atoms with van der Waals surface area (Å²) in [5, 5.41) is 0. The number of benzene rings is 1. The molecule has 3 aliphatic rings. The van der Waals surface area contributed by atoms with E-state index in [0.29, 0.717) is 29.5 Å². The average Bonchev–Trinajstić information content (AvgIpc) is 3.51. The van der Waals surface area contributed by atoms with Crippen LogP contribution in [0.4, 0.5) is 0 Å². The molecule has 0 amide bonds. The highest BCUT2D eigenvalue weighted by atomic mass is 16.1. The van der Waals surface area contributed by atoms with Gasteiger partial charge in [-0.3, -0.25) is 9.59 Å². The van der Waals surface area contributed by atoms with Crippen molar-refractivity contribution in [3.63, 3.8) is 0 Å². The maximum absolute atomic E-state index is 13.6. The van der Waals surface area contributed by atoms with Crippen LogP contribution in [0.15, 0.2) is 65.3 Å². The van der Waals surface area contributed by atoms with Crippen LogP contribution in [0.25, 0.3) is 5.57 Å². The highest BCUT2D eigenvalue weighted by Gasteiger charge is 2.50. The Kier molecular flexibility index (Phi) is 8.22. The van der Waals surface area contributed by atoms with E-state index < -0.39 is 0 Å². The number of carbonyl (C=O) groups is 2. The molecule has 4 rings (SSSR count). The molecule has 0 spiro atoms. The van der Waals surface area contributed by atoms with Crippen LogP contribution in [0, 0.1) is 34.5 Å². The van der Waals surface area contributed by atoms with Crippen molar-refractivity contribution in [2.45, 2.75) is 93.9 Å². The van der Waals surface area contributed by atoms with Gasteiger partial charge in [0, 0.05) is 23.3 Å². The summed E-state index contributed by atoms with van der Waals surface area (Å²) >= 11 is 0. The summed E-state index contributed by atoms with van der Waals surface area (Å²) < 4.78 is 0. The molecular formula is C36H48O2. The lowest BCUT2D eigenvalue weighted by atomic mass is 9.77. The van der Waals surface area contributed by atoms with E-state index in [9.17, 15) is 9.59 Å². The molecule has 204 valence electrons. The van der Waals surface area contributed by atoms with Crippen molar-refractivity contribution in [3.8, 4) is 0 Å². The number of hydrogen-bond donors (Lipinski definition) is 0. The predicted molar refractivity (Wildman–Crippen MR) is 160 cm³/mol. The quantitative estimate of drug-likeness (QED) is 0.330. The van der Waals surface area contributed by atoms with Crippen LogP contribution in [0.1, 0.15) is 98.6 Å². The molecule has 1 fully saturated rings. The van der Waals surface area contributed by atoms with Crippen LogP contribution < -0.4 is 0 Å². The highest BCUT2D eigenvalue weighted by molar-refractivity contribution is 6.03. The second-order valence-electron chi connectivity index (χ2n) is 14.3. The molecule has 0 aliphatic heterocycles. The van der Waals surface area contributed by atoms with Crippen LogP contribution in [0.2, 0.25) is 0 Å². The largest absolute Gasteiger partial charge is 0.298 e. The van der Waals surface area contributed by atoms with Gasteiger partial charge in [0.05, 0.1) is 0 Å². The van der Waals surface area contributed by atoms with Crippen LogP contribution in [-0.4, -0.2) is 11.6 Å². The van der Waals surface area contributed by atoms with E-state index in [1.807, 2.05) is 0 Å². The number of carbonyl (C=O) groups excluding carboxylic acids is 2. The number of ketones is 2. The molecule has 1 aromatic rings. The first-order valence-corrected chi connectivity index (χ1v) is 14.7. The molecule has 1 aromatic carbocycles. The van der Waals surface area contributed by atoms with Gasteiger partial charge in [-0.05, 0) is 89.2 Å². The molecule has 0 heterocycles. The predicted octanol–water partition coefficient (Wildman–Crippen LogP) is 9.12. The van der Waals surface area contributed by atoms with E-state index in [-0.39, 0.29) is 23.0 Å². The Morgan fingerprint density at radius 2 is 1.87 bits per heavy atom. The van der Waals surface area contributed by atoms with Crippen molar-refractivity contribution in [1.82, 2.24) is 0 Å². The Labute approximate surface area is 231 Å². The molecular weight excluding hydrogens is 464 g/mol. The van der Waals surface area contributed by atoms with Crippen LogP contribution in [0.5, 0.6) is 0 Å². The van der Waals surface area contributed by atoms with Crippen molar-refractivity contribution in [2.75, 3.05) is 0 Å². The molecule has 3 unspecified atom stereocenters. The van der Waals surface area contributed by atoms with E-state index in [1.165, 1.54) is 16.7 Å². The number of allylic oxidation sites excluding steroid dienone is 8. The zero-order valence-electron chi connectivity index (χ0n) is 25.0. The normalized spacial score (nSPS) is 25.0. The Balaban J connectivity index is 1.45. The van der Waals surface area contributed by atoms with Gasteiger partial charge in [0.2, 0.25) is 0 Å². The Bertz CT molecular complexity index is 1210. The van der Waals surface area contributed by atoms with Crippen molar-refractivity contribution in [1.29, 1.82) is 0 Å². The number of aryl methyl sites for hydroxylation is 1. The molecule has 38 heavy (non-hydrogen) atoms. The molecule has 2 heteroatoms. The third-order valence-electron chi connectivity index (χ3n) is 8.91. The summed E-state index contributed by atoms with van der Waals surface area (Å²) in [6.45, 7) is 17.8. The van der Waals surface area contributed by atoms with Gasteiger partial charge in [-0.2, -0.15) is 0 Å². The second-order valence-corrected chi connectivity index (χ2v) is 14.3. The molecule has 3 atom stereocenters. The minimum atomic E-state index is -0.302. The second kappa shape index (κ2) is 10.9. The van der Waals surface area contributed by atoms with Gasteiger partial charge >= 0.3 is 0 Å². The maximum Gasteiger partial charge on any atom is 0.166 e. The summed E-state index contributed by atoms with van der Waals surface area (Å²) in [6.07, 6.45) is 14.0. The van der Waals surface area contributed by atoms with Gasteiger partial charge in [-0.15, -0.1) is 0 Å². The Morgan fingerprint density at radius 1 is 1.13 bits per heavy atom. The molecule has 1 saturated carbocycles. The van der Waals surface area contributed by atoms with Crippen LogP contribution >= 0.6 is 0 Å². The fraction of sp³-hybridized carbons (Fsp3) is 0.556. The molecule has 3 aliphatic carbocycles. The van der Waals surface area contributed by atoms with Gasteiger partial charge < -0.3 is 0 Å². The van der Waals surface area contributed by atoms with Gasteiger partial charge in [0.25, 0.3) is 0 Å².